The van der Waals surface area contributed by atoms with E-state index in [0.29, 0.717) is 6.42 Å². The van der Waals surface area contributed by atoms with Crippen LogP contribution in [0.2, 0.25) is 0 Å². The third kappa shape index (κ3) is 2.51. The van der Waals surface area contributed by atoms with Crippen LogP contribution in [-0.4, -0.2) is 35.8 Å². The summed E-state index contributed by atoms with van der Waals surface area (Å²) in [5.41, 5.74) is 6.92. The largest absolute Gasteiger partial charge is 0.395 e. The Labute approximate surface area is 96.1 Å². The average molecular weight is 221 g/mol. The highest BCUT2D eigenvalue weighted by molar-refractivity contribution is 5.47. The van der Waals surface area contributed by atoms with Gasteiger partial charge in [0, 0.05) is 25.3 Å². The van der Waals surface area contributed by atoms with E-state index in [9.17, 15) is 0 Å². The van der Waals surface area contributed by atoms with Gasteiger partial charge in [0.2, 0.25) is 0 Å². The second-order valence-corrected chi connectivity index (χ2v) is 4.33. The number of anilines is 1. The molecule has 16 heavy (non-hydrogen) atoms. The van der Waals surface area contributed by atoms with E-state index >= 15 is 0 Å². The Kier molecular flexibility index (Phi) is 3.74. The van der Waals surface area contributed by atoms with Gasteiger partial charge in [0.1, 0.15) is 5.82 Å². The molecule has 0 aromatic carbocycles. The predicted molar refractivity (Wildman–Crippen MR) is 64.4 cm³/mol. The molecule has 2 heterocycles. The van der Waals surface area contributed by atoms with E-state index in [2.05, 4.69) is 16.0 Å². The van der Waals surface area contributed by atoms with Crippen molar-refractivity contribution in [1.82, 2.24) is 4.98 Å². The molecule has 2 rings (SSSR count). The number of pyridine rings is 1. The number of aliphatic hydroxyl groups is 1. The molecule has 0 saturated carbocycles. The van der Waals surface area contributed by atoms with Crippen LogP contribution < -0.4 is 10.6 Å². The van der Waals surface area contributed by atoms with E-state index in [1.165, 1.54) is 12.8 Å². The van der Waals surface area contributed by atoms with Gasteiger partial charge in [-0.2, -0.15) is 0 Å². The Bertz CT molecular complexity index is 337. The maximum atomic E-state index is 8.99. The minimum Gasteiger partial charge on any atom is -0.395 e. The number of nitrogens with two attached hydrogens (primary N) is 1. The Morgan fingerprint density at radius 1 is 1.44 bits per heavy atom. The minimum atomic E-state index is -0.189. The topological polar surface area (TPSA) is 62.4 Å². The Balaban J connectivity index is 2.16. The van der Waals surface area contributed by atoms with Crippen molar-refractivity contribution in [2.24, 2.45) is 5.73 Å². The highest BCUT2D eigenvalue weighted by atomic mass is 16.3. The molecule has 1 atom stereocenters. The summed E-state index contributed by atoms with van der Waals surface area (Å²) in [6.07, 6.45) is 4.99. The van der Waals surface area contributed by atoms with Crippen molar-refractivity contribution >= 4 is 5.82 Å². The van der Waals surface area contributed by atoms with E-state index in [0.717, 1.165) is 24.5 Å². The highest BCUT2D eigenvalue weighted by Gasteiger charge is 2.17. The molecule has 1 aromatic rings. The van der Waals surface area contributed by atoms with Crippen molar-refractivity contribution in [3.63, 3.8) is 0 Å². The van der Waals surface area contributed by atoms with Crippen LogP contribution in [0.15, 0.2) is 18.3 Å². The highest BCUT2D eigenvalue weighted by Crippen LogP contribution is 2.22. The molecule has 0 radical (unpaired) electrons. The van der Waals surface area contributed by atoms with Gasteiger partial charge in [-0.3, -0.25) is 0 Å². The van der Waals surface area contributed by atoms with Crippen LogP contribution in [0, 0.1) is 0 Å². The first kappa shape index (κ1) is 11.4. The SMILES string of the molecule is NC(CO)Cc1cccnc1N1CCCC1. The number of rotatable bonds is 4. The molecular formula is C12H19N3O. The quantitative estimate of drug-likeness (QED) is 0.779. The monoisotopic (exact) mass is 221 g/mol. The first-order chi connectivity index (χ1) is 7.81. The lowest BCUT2D eigenvalue weighted by Gasteiger charge is -2.20. The van der Waals surface area contributed by atoms with Gasteiger partial charge in [-0.25, -0.2) is 4.98 Å². The predicted octanol–water partition coefficient (Wildman–Crippen LogP) is 0.544. The van der Waals surface area contributed by atoms with Crippen LogP contribution >= 0.6 is 0 Å². The van der Waals surface area contributed by atoms with Gasteiger partial charge in [-0.15, -0.1) is 0 Å². The summed E-state index contributed by atoms with van der Waals surface area (Å²) in [7, 11) is 0. The third-order valence-corrected chi connectivity index (χ3v) is 2.99. The number of aliphatic hydroxyl groups excluding tert-OH is 1. The fourth-order valence-electron chi connectivity index (χ4n) is 2.15. The molecule has 1 aromatic heterocycles. The summed E-state index contributed by atoms with van der Waals surface area (Å²) >= 11 is 0. The zero-order chi connectivity index (χ0) is 11.4. The average Bonchev–Trinajstić information content (AvgIpc) is 2.83. The van der Waals surface area contributed by atoms with Gasteiger partial charge in [0.25, 0.3) is 0 Å². The zero-order valence-corrected chi connectivity index (χ0v) is 9.47. The van der Waals surface area contributed by atoms with Crippen molar-refractivity contribution in [2.75, 3.05) is 24.6 Å². The minimum absolute atomic E-state index is 0.0222. The van der Waals surface area contributed by atoms with Crippen molar-refractivity contribution in [3.8, 4) is 0 Å². The van der Waals surface area contributed by atoms with Crippen LogP contribution in [0.1, 0.15) is 18.4 Å². The molecular weight excluding hydrogens is 202 g/mol. The lowest BCUT2D eigenvalue weighted by molar-refractivity contribution is 0.265. The Morgan fingerprint density at radius 2 is 2.19 bits per heavy atom. The summed E-state index contributed by atoms with van der Waals surface area (Å²) in [6.45, 7) is 2.19. The van der Waals surface area contributed by atoms with E-state index in [-0.39, 0.29) is 12.6 Å². The molecule has 0 amide bonds. The Morgan fingerprint density at radius 3 is 2.88 bits per heavy atom. The molecule has 4 heteroatoms. The van der Waals surface area contributed by atoms with Gasteiger partial charge in [0.15, 0.2) is 0 Å². The smallest absolute Gasteiger partial charge is 0.131 e. The van der Waals surface area contributed by atoms with Crippen LogP contribution in [0.25, 0.3) is 0 Å². The standard InChI is InChI=1S/C12H19N3O/c13-11(9-16)8-10-4-3-5-14-12(10)15-6-1-2-7-15/h3-5,11,16H,1-2,6-9,13H2. The van der Waals surface area contributed by atoms with Gasteiger partial charge >= 0.3 is 0 Å². The summed E-state index contributed by atoms with van der Waals surface area (Å²) in [6, 6.07) is 3.79. The fraction of sp³-hybridized carbons (Fsp3) is 0.583. The van der Waals surface area contributed by atoms with Crippen LogP contribution in [0.5, 0.6) is 0 Å². The van der Waals surface area contributed by atoms with Gasteiger partial charge in [0.05, 0.1) is 6.61 Å². The first-order valence-corrected chi connectivity index (χ1v) is 5.86. The van der Waals surface area contributed by atoms with Gasteiger partial charge < -0.3 is 15.7 Å². The summed E-state index contributed by atoms with van der Waals surface area (Å²) < 4.78 is 0. The van der Waals surface area contributed by atoms with E-state index < -0.39 is 0 Å². The number of aromatic nitrogens is 1. The molecule has 1 unspecified atom stereocenters. The molecule has 1 fully saturated rings. The second-order valence-electron chi connectivity index (χ2n) is 4.33. The summed E-state index contributed by atoms with van der Waals surface area (Å²) in [4.78, 5) is 6.74. The molecule has 88 valence electrons. The van der Waals surface area contributed by atoms with Crippen LogP contribution in [0.4, 0.5) is 5.82 Å². The summed E-state index contributed by atoms with van der Waals surface area (Å²) in [5.74, 6) is 1.05. The van der Waals surface area contributed by atoms with Crippen LogP contribution in [-0.2, 0) is 6.42 Å². The normalized spacial score (nSPS) is 17.8. The zero-order valence-electron chi connectivity index (χ0n) is 9.47. The lowest BCUT2D eigenvalue weighted by atomic mass is 10.1. The molecule has 0 spiro atoms. The first-order valence-electron chi connectivity index (χ1n) is 5.86. The molecule has 4 nitrogen and oxygen atoms in total. The molecule has 3 N–H and O–H groups in total. The third-order valence-electron chi connectivity index (χ3n) is 2.99. The van der Waals surface area contributed by atoms with Gasteiger partial charge in [-0.05, 0) is 30.9 Å². The number of hydrogen-bond donors (Lipinski definition) is 2. The molecule has 1 aliphatic rings. The summed E-state index contributed by atoms with van der Waals surface area (Å²) in [5, 5.41) is 8.99. The molecule has 0 bridgehead atoms. The molecule has 0 aliphatic carbocycles. The molecule has 1 saturated heterocycles. The number of nitrogens with zero attached hydrogens (tertiary/aromatic N) is 2. The van der Waals surface area contributed by atoms with Crippen molar-refractivity contribution in [3.05, 3.63) is 23.9 Å². The van der Waals surface area contributed by atoms with Gasteiger partial charge in [-0.1, -0.05) is 6.07 Å². The van der Waals surface area contributed by atoms with E-state index in [1.807, 2.05) is 12.3 Å². The van der Waals surface area contributed by atoms with E-state index in [4.69, 9.17) is 10.8 Å². The van der Waals surface area contributed by atoms with Crippen molar-refractivity contribution in [2.45, 2.75) is 25.3 Å². The van der Waals surface area contributed by atoms with Crippen molar-refractivity contribution < 1.29 is 5.11 Å². The second kappa shape index (κ2) is 5.27. The maximum Gasteiger partial charge on any atom is 0.131 e. The molecule has 1 aliphatic heterocycles. The number of hydrogen-bond acceptors (Lipinski definition) is 4. The van der Waals surface area contributed by atoms with E-state index in [1.54, 1.807) is 0 Å². The van der Waals surface area contributed by atoms with Crippen LogP contribution in [0.3, 0.4) is 0 Å². The maximum absolute atomic E-state index is 8.99. The Hall–Kier alpha value is -1.13. The van der Waals surface area contributed by atoms with Crippen molar-refractivity contribution in [1.29, 1.82) is 0 Å². The lowest BCUT2D eigenvalue weighted by Crippen LogP contribution is -2.29. The fourth-order valence-corrected chi connectivity index (χ4v) is 2.15.